The standard InChI is InChI=1S/C26H36F3N5O4/c1-24(2,3)19(32-23(38)26(27,28)29)22(37)34-13-15-5-4-6-17(15)18(34)21(36)31-16(12-30)11-14-7-8-25(9-10-25)33-20(14)35/h14-19H,4-11,13H2,1-3H3,(H,31,36)(H,32,38)(H,33,35). The topological polar surface area (TPSA) is 131 Å². The lowest BCUT2D eigenvalue weighted by Crippen LogP contribution is -2.60. The molecule has 2 aliphatic carbocycles. The molecule has 4 fully saturated rings. The fraction of sp³-hybridized carbons (Fsp3) is 0.808. The molecule has 0 bridgehead atoms. The van der Waals surface area contributed by atoms with Crippen LogP contribution in [0.4, 0.5) is 13.2 Å². The maximum atomic E-state index is 13.6. The van der Waals surface area contributed by atoms with E-state index in [1.54, 1.807) is 20.8 Å². The average Bonchev–Trinajstić information content (AvgIpc) is 3.23. The van der Waals surface area contributed by atoms with E-state index < -0.39 is 53.4 Å². The number of nitrogens with zero attached hydrogens (tertiary/aromatic N) is 2. The first kappa shape index (κ1) is 28.2. The SMILES string of the molecule is CC(C)(C)C(NC(=O)C(F)(F)F)C(=O)N1CC2CCCC2C1C(=O)NC(C#N)CC1CCC2(CC2)NC1=O. The van der Waals surface area contributed by atoms with Crippen molar-refractivity contribution in [2.45, 2.75) is 102 Å². The van der Waals surface area contributed by atoms with E-state index in [2.05, 4.69) is 16.7 Å². The number of nitriles is 1. The van der Waals surface area contributed by atoms with Gasteiger partial charge in [0.1, 0.15) is 18.1 Å². The summed E-state index contributed by atoms with van der Waals surface area (Å²) in [5.74, 6) is -4.23. The van der Waals surface area contributed by atoms with Crippen LogP contribution in [-0.2, 0) is 19.2 Å². The Labute approximate surface area is 220 Å². The molecule has 0 aromatic carbocycles. The fourth-order valence-corrected chi connectivity index (χ4v) is 6.34. The molecule has 4 rings (SSSR count). The number of alkyl halides is 3. The van der Waals surface area contributed by atoms with E-state index in [0.717, 1.165) is 32.1 Å². The molecule has 2 heterocycles. The molecule has 3 N–H and O–H groups in total. The van der Waals surface area contributed by atoms with Crippen LogP contribution >= 0.6 is 0 Å². The van der Waals surface area contributed by atoms with Crippen LogP contribution in [-0.4, -0.2) is 64.9 Å². The first-order valence-electron chi connectivity index (χ1n) is 13.4. The highest BCUT2D eigenvalue weighted by molar-refractivity contribution is 5.94. The summed E-state index contributed by atoms with van der Waals surface area (Å²) in [6.45, 7) is 4.83. The van der Waals surface area contributed by atoms with Crippen LogP contribution in [0.1, 0.15) is 72.1 Å². The first-order valence-corrected chi connectivity index (χ1v) is 13.4. The van der Waals surface area contributed by atoms with Gasteiger partial charge in [-0.25, -0.2) is 0 Å². The zero-order chi connectivity index (χ0) is 28.0. The van der Waals surface area contributed by atoms with E-state index in [0.29, 0.717) is 12.8 Å². The van der Waals surface area contributed by atoms with E-state index in [1.165, 1.54) is 4.90 Å². The second kappa shape index (κ2) is 10.0. The Bertz CT molecular complexity index is 1030. The Hall–Kier alpha value is -2.84. The van der Waals surface area contributed by atoms with Crippen molar-refractivity contribution in [3.05, 3.63) is 0 Å². The molecule has 4 aliphatic rings. The van der Waals surface area contributed by atoms with Crippen molar-refractivity contribution in [2.24, 2.45) is 23.2 Å². The Morgan fingerprint density at radius 2 is 1.82 bits per heavy atom. The molecule has 6 atom stereocenters. The van der Waals surface area contributed by atoms with Crippen molar-refractivity contribution < 1.29 is 32.3 Å². The molecule has 2 aliphatic heterocycles. The highest BCUT2D eigenvalue weighted by Crippen LogP contribution is 2.45. The minimum absolute atomic E-state index is 0.00743. The summed E-state index contributed by atoms with van der Waals surface area (Å²) in [7, 11) is 0. The summed E-state index contributed by atoms with van der Waals surface area (Å²) in [5.41, 5.74) is -1.15. The van der Waals surface area contributed by atoms with Crippen molar-refractivity contribution in [3.8, 4) is 6.07 Å². The second-order valence-corrected chi connectivity index (χ2v) is 12.5. The van der Waals surface area contributed by atoms with Gasteiger partial charge in [-0.3, -0.25) is 19.2 Å². The van der Waals surface area contributed by atoms with E-state index in [-0.39, 0.29) is 36.2 Å². The van der Waals surface area contributed by atoms with Gasteiger partial charge in [-0.1, -0.05) is 27.2 Å². The minimum atomic E-state index is -5.16. The Kier molecular flexibility index (Phi) is 7.45. The van der Waals surface area contributed by atoms with Gasteiger partial charge in [-0.2, -0.15) is 18.4 Å². The quantitative estimate of drug-likeness (QED) is 0.476. The summed E-state index contributed by atoms with van der Waals surface area (Å²) in [6.07, 6.45) is 0.670. The van der Waals surface area contributed by atoms with Crippen LogP contribution in [0.3, 0.4) is 0 Å². The summed E-state index contributed by atoms with van der Waals surface area (Å²) in [5, 5.41) is 17.3. The monoisotopic (exact) mass is 539 g/mol. The van der Waals surface area contributed by atoms with E-state index in [4.69, 9.17) is 0 Å². The van der Waals surface area contributed by atoms with Crippen LogP contribution in [0.25, 0.3) is 0 Å². The number of halogens is 3. The van der Waals surface area contributed by atoms with Crippen molar-refractivity contribution >= 4 is 23.6 Å². The highest BCUT2D eigenvalue weighted by atomic mass is 19.4. The summed E-state index contributed by atoms with van der Waals surface area (Å²) in [4.78, 5) is 52.8. The minimum Gasteiger partial charge on any atom is -0.350 e. The molecule has 4 amide bonds. The van der Waals surface area contributed by atoms with Crippen molar-refractivity contribution in [1.82, 2.24) is 20.9 Å². The van der Waals surface area contributed by atoms with Gasteiger partial charge in [0, 0.05) is 18.0 Å². The van der Waals surface area contributed by atoms with Crippen molar-refractivity contribution in [2.75, 3.05) is 6.54 Å². The van der Waals surface area contributed by atoms with Gasteiger partial charge in [-0.05, 0) is 62.2 Å². The third-order valence-electron chi connectivity index (χ3n) is 8.66. The molecule has 1 spiro atoms. The number of fused-ring (bicyclic) bond motifs is 1. The largest absolute Gasteiger partial charge is 0.471 e. The number of amides is 4. The molecule has 0 radical (unpaired) electrons. The van der Waals surface area contributed by atoms with Gasteiger partial charge in [0.25, 0.3) is 0 Å². The molecular weight excluding hydrogens is 503 g/mol. The fourth-order valence-electron chi connectivity index (χ4n) is 6.34. The van der Waals surface area contributed by atoms with Gasteiger partial charge < -0.3 is 20.9 Å². The molecule has 210 valence electrons. The van der Waals surface area contributed by atoms with E-state index >= 15 is 0 Å². The number of piperidine rings is 1. The number of hydrogen-bond acceptors (Lipinski definition) is 5. The number of carbonyl (C=O) groups is 4. The average molecular weight is 540 g/mol. The number of carbonyl (C=O) groups excluding carboxylic acids is 4. The second-order valence-electron chi connectivity index (χ2n) is 12.5. The van der Waals surface area contributed by atoms with Crippen LogP contribution < -0.4 is 16.0 Å². The third kappa shape index (κ3) is 5.76. The molecule has 6 unspecified atom stereocenters. The lowest BCUT2D eigenvalue weighted by atomic mass is 9.85. The Morgan fingerprint density at radius 1 is 1.13 bits per heavy atom. The molecule has 9 nitrogen and oxygen atoms in total. The molecule has 12 heteroatoms. The highest BCUT2D eigenvalue weighted by Gasteiger charge is 2.53. The molecule has 38 heavy (non-hydrogen) atoms. The van der Waals surface area contributed by atoms with Crippen LogP contribution in [0.2, 0.25) is 0 Å². The lowest BCUT2D eigenvalue weighted by Gasteiger charge is -2.36. The lowest BCUT2D eigenvalue weighted by molar-refractivity contribution is -0.176. The normalized spacial score (nSPS) is 29.6. The van der Waals surface area contributed by atoms with Crippen LogP contribution in [0.5, 0.6) is 0 Å². The van der Waals surface area contributed by atoms with Gasteiger partial charge in [0.15, 0.2) is 0 Å². The molecule has 2 saturated carbocycles. The first-order chi connectivity index (χ1) is 17.6. The number of likely N-dealkylation sites (tertiary alicyclic amines) is 1. The van der Waals surface area contributed by atoms with Gasteiger partial charge in [0.2, 0.25) is 17.7 Å². The summed E-state index contributed by atoms with van der Waals surface area (Å²) < 4.78 is 39.1. The van der Waals surface area contributed by atoms with Crippen molar-refractivity contribution in [1.29, 1.82) is 5.26 Å². The van der Waals surface area contributed by atoms with Crippen molar-refractivity contribution in [3.63, 3.8) is 0 Å². The number of hydrogen-bond donors (Lipinski definition) is 3. The Balaban J connectivity index is 1.49. The van der Waals surface area contributed by atoms with E-state index in [9.17, 15) is 37.6 Å². The molecular formula is C26H36F3N5O4. The number of nitrogens with one attached hydrogen (secondary N) is 3. The maximum Gasteiger partial charge on any atom is 0.471 e. The van der Waals surface area contributed by atoms with Crippen LogP contribution in [0.15, 0.2) is 0 Å². The van der Waals surface area contributed by atoms with Crippen LogP contribution in [0, 0.1) is 34.5 Å². The smallest absolute Gasteiger partial charge is 0.350 e. The summed E-state index contributed by atoms with van der Waals surface area (Å²) in [6, 6.07) is -1.36. The van der Waals surface area contributed by atoms with Gasteiger partial charge in [-0.15, -0.1) is 0 Å². The number of rotatable bonds is 6. The molecule has 0 aromatic rings. The molecule has 0 aromatic heterocycles. The molecule has 2 saturated heterocycles. The predicted molar refractivity (Wildman–Crippen MR) is 129 cm³/mol. The van der Waals surface area contributed by atoms with Gasteiger partial charge in [0.05, 0.1) is 6.07 Å². The third-order valence-corrected chi connectivity index (χ3v) is 8.66. The van der Waals surface area contributed by atoms with E-state index in [1.807, 2.05) is 5.32 Å². The summed E-state index contributed by atoms with van der Waals surface area (Å²) >= 11 is 0. The predicted octanol–water partition coefficient (Wildman–Crippen LogP) is 2.16. The van der Waals surface area contributed by atoms with Gasteiger partial charge >= 0.3 is 12.1 Å². The zero-order valence-electron chi connectivity index (χ0n) is 22.0. The maximum absolute atomic E-state index is 13.6. The zero-order valence-corrected chi connectivity index (χ0v) is 22.0. The Morgan fingerprint density at radius 3 is 2.37 bits per heavy atom.